The molecule has 0 saturated heterocycles. The molecule has 8 heteroatoms. The SMILES string of the molecule is Cc1ccc(S(=O)(=O)/C(C#N)=C/Nc2c(C)n(C)n(-c3ccccc3)c2=O)cc1. The Kier molecular flexibility index (Phi) is 5.43. The van der Waals surface area contributed by atoms with Gasteiger partial charge >= 0.3 is 0 Å². The first kappa shape index (κ1) is 20.2. The Morgan fingerprint density at radius 1 is 1.07 bits per heavy atom. The van der Waals surface area contributed by atoms with Crippen molar-refractivity contribution in [1.82, 2.24) is 9.36 Å². The molecule has 0 radical (unpaired) electrons. The first-order valence-electron chi connectivity index (χ1n) is 8.80. The van der Waals surface area contributed by atoms with Gasteiger partial charge in [-0.25, -0.2) is 13.1 Å². The zero-order chi connectivity index (χ0) is 21.2. The number of allylic oxidation sites excluding steroid dienone is 1. The third kappa shape index (κ3) is 3.73. The highest BCUT2D eigenvalue weighted by atomic mass is 32.2. The molecule has 1 N–H and O–H groups in total. The van der Waals surface area contributed by atoms with E-state index >= 15 is 0 Å². The quantitative estimate of drug-likeness (QED) is 0.655. The predicted octanol–water partition coefficient (Wildman–Crippen LogP) is 3.04. The van der Waals surface area contributed by atoms with Crippen LogP contribution in [0.3, 0.4) is 0 Å². The Bertz CT molecular complexity index is 1280. The highest BCUT2D eigenvalue weighted by Gasteiger charge is 2.22. The third-order valence-corrected chi connectivity index (χ3v) is 6.31. The molecule has 0 aliphatic rings. The van der Waals surface area contributed by atoms with Gasteiger partial charge in [-0.2, -0.15) is 5.26 Å². The summed E-state index contributed by atoms with van der Waals surface area (Å²) in [6.07, 6.45) is 1.06. The maximum Gasteiger partial charge on any atom is 0.295 e. The van der Waals surface area contributed by atoms with Gasteiger partial charge in [0, 0.05) is 13.2 Å². The highest BCUT2D eigenvalue weighted by molar-refractivity contribution is 7.95. The van der Waals surface area contributed by atoms with Crippen molar-refractivity contribution in [2.75, 3.05) is 5.32 Å². The standard InChI is InChI=1S/C21H20N4O3S/c1-15-9-11-18(12-10-15)29(27,28)19(13-22)14-23-20-16(2)24(3)25(21(20)26)17-7-5-4-6-8-17/h4-12,14,23H,1-3H3/b19-14+. The van der Waals surface area contributed by atoms with Gasteiger partial charge in [-0.15, -0.1) is 0 Å². The lowest BCUT2D eigenvalue weighted by molar-refractivity contribution is 0.603. The van der Waals surface area contributed by atoms with Crippen LogP contribution in [0.1, 0.15) is 11.3 Å². The lowest BCUT2D eigenvalue weighted by Gasteiger charge is -2.07. The number of hydrogen-bond acceptors (Lipinski definition) is 5. The number of nitrogens with one attached hydrogen (secondary N) is 1. The largest absolute Gasteiger partial charge is 0.354 e. The van der Waals surface area contributed by atoms with Crippen LogP contribution in [0.4, 0.5) is 5.69 Å². The van der Waals surface area contributed by atoms with Crippen molar-refractivity contribution >= 4 is 15.5 Å². The van der Waals surface area contributed by atoms with Gasteiger partial charge < -0.3 is 5.32 Å². The Morgan fingerprint density at radius 3 is 2.28 bits per heavy atom. The molecule has 0 aliphatic carbocycles. The molecule has 3 rings (SSSR count). The zero-order valence-electron chi connectivity index (χ0n) is 16.2. The van der Waals surface area contributed by atoms with Crippen molar-refractivity contribution in [2.45, 2.75) is 18.7 Å². The second-order valence-corrected chi connectivity index (χ2v) is 8.44. The van der Waals surface area contributed by atoms with Crippen LogP contribution in [-0.2, 0) is 16.9 Å². The van der Waals surface area contributed by atoms with Crippen LogP contribution in [0.25, 0.3) is 5.69 Å². The topological polar surface area (TPSA) is 96.9 Å². The fourth-order valence-electron chi connectivity index (χ4n) is 2.89. The first-order chi connectivity index (χ1) is 13.8. The second-order valence-electron chi connectivity index (χ2n) is 6.52. The number of hydrogen-bond donors (Lipinski definition) is 1. The molecule has 0 atom stereocenters. The van der Waals surface area contributed by atoms with Gasteiger partial charge in [0.05, 0.1) is 16.3 Å². The van der Waals surface area contributed by atoms with Crippen molar-refractivity contribution in [3.05, 3.63) is 87.3 Å². The molecule has 0 fully saturated rings. The first-order valence-corrected chi connectivity index (χ1v) is 10.3. The highest BCUT2D eigenvalue weighted by Crippen LogP contribution is 2.20. The van der Waals surface area contributed by atoms with Gasteiger partial charge in [0.25, 0.3) is 5.56 Å². The zero-order valence-corrected chi connectivity index (χ0v) is 17.1. The minimum atomic E-state index is -4.00. The number of rotatable bonds is 5. The van der Waals surface area contributed by atoms with Crippen molar-refractivity contribution in [3.8, 4) is 11.8 Å². The molecule has 148 valence electrons. The average Bonchev–Trinajstić information content (AvgIpc) is 2.92. The molecular weight excluding hydrogens is 388 g/mol. The number of nitrogens with zero attached hydrogens (tertiary/aromatic N) is 3. The van der Waals surface area contributed by atoms with Crippen LogP contribution in [0.2, 0.25) is 0 Å². The maximum absolute atomic E-state index is 12.9. The van der Waals surface area contributed by atoms with E-state index in [0.717, 1.165) is 11.8 Å². The van der Waals surface area contributed by atoms with Gasteiger partial charge in [-0.3, -0.25) is 9.48 Å². The average molecular weight is 408 g/mol. The van der Waals surface area contributed by atoms with E-state index in [-0.39, 0.29) is 16.1 Å². The summed E-state index contributed by atoms with van der Waals surface area (Å²) in [7, 11) is -2.27. The molecule has 0 amide bonds. The molecule has 0 saturated carbocycles. The van der Waals surface area contributed by atoms with Gasteiger partial charge in [-0.05, 0) is 38.1 Å². The van der Waals surface area contributed by atoms with Crippen molar-refractivity contribution < 1.29 is 8.42 Å². The number of nitriles is 1. The van der Waals surface area contributed by atoms with Crippen LogP contribution in [0.5, 0.6) is 0 Å². The molecule has 0 unspecified atom stereocenters. The summed E-state index contributed by atoms with van der Waals surface area (Å²) in [5.41, 5.74) is 2.03. The van der Waals surface area contributed by atoms with Crippen molar-refractivity contribution in [1.29, 1.82) is 5.26 Å². The third-order valence-electron chi connectivity index (χ3n) is 4.63. The number of aromatic nitrogens is 2. The van der Waals surface area contributed by atoms with E-state index in [0.29, 0.717) is 11.4 Å². The molecule has 7 nitrogen and oxygen atoms in total. The Hall–Kier alpha value is -3.57. The van der Waals surface area contributed by atoms with Gasteiger partial charge in [-0.1, -0.05) is 35.9 Å². The fourth-order valence-corrected chi connectivity index (χ4v) is 3.97. The number of sulfone groups is 1. The molecular formula is C21H20N4O3S. The number of aryl methyl sites for hydroxylation is 1. The molecule has 3 aromatic rings. The number of benzene rings is 2. The van der Waals surface area contributed by atoms with Gasteiger partial charge in [0.1, 0.15) is 11.8 Å². The molecule has 1 aromatic heterocycles. The fraction of sp³-hybridized carbons (Fsp3) is 0.143. The van der Waals surface area contributed by atoms with Crippen LogP contribution in [0, 0.1) is 25.2 Å². The summed E-state index contributed by atoms with van der Waals surface area (Å²) in [4.78, 5) is 12.4. The van der Waals surface area contributed by atoms with Gasteiger partial charge in [0.2, 0.25) is 9.84 Å². The summed E-state index contributed by atoms with van der Waals surface area (Å²) < 4.78 is 28.6. The molecule has 0 bridgehead atoms. The maximum atomic E-state index is 12.9. The van der Waals surface area contributed by atoms with Crippen molar-refractivity contribution in [3.63, 3.8) is 0 Å². The molecule has 2 aromatic carbocycles. The smallest absolute Gasteiger partial charge is 0.295 e. The van der Waals surface area contributed by atoms with E-state index in [1.165, 1.54) is 16.8 Å². The lowest BCUT2D eigenvalue weighted by Crippen LogP contribution is -2.20. The van der Waals surface area contributed by atoms with E-state index in [4.69, 9.17) is 0 Å². The summed E-state index contributed by atoms with van der Waals surface area (Å²) in [6, 6.07) is 17.0. The van der Waals surface area contributed by atoms with Crippen LogP contribution < -0.4 is 10.9 Å². The minimum absolute atomic E-state index is 0.0178. The molecule has 0 spiro atoms. The monoisotopic (exact) mass is 408 g/mol. The van der Waals surface area contributed by atoms with Gasteiger partial charge in [0.15, 0.2) is 4.91 Å². The lowest BCUT2D eigenvalue weighted by atomic mass is 10.2. The van der Waals surface area contributed by atoms with E-state index in [9.17, 15) is 18.5 Å². The summed E-state index contributed by atoms with van der Waals surface area (Å²) in [5, 5.41) is 12.1. The Morgan fingerprint density at radius 2 is 1.69 bits per heavy atom. The predicted molar refractivity (Wildman–Crippen MR) is 111 cm³/mol. The van der Waals surface area contributed by atoms with E-state index < -0.39 is 14.7 Å². The van der Waals surface area contributed by atoms with E-state index in [1.807, 2.05) is 25.1 Å². The Balaban J connectivity index is 2.02. The Labute approximate surface area is 169 Å². The number of para-hydroxylation sites is 1. The van der Waals surface area contributed by atoms with E-state index in [1.54, 1.807) is 49.0 Å². The minimum Gasteiger partial charge on any atom is -0.354 e. The summed E-state index contributed by atoms with van der Waals surface area (Å²) >= 11 is 0. The van der Waals surface area contributed by atoms with Crippen LogP contribution in [-0.4, -0.2) is 17.8 Å². The molecule has 29 heavy (non-hydrogen) atoms. The number of anilines is 1. The molecule has 1 heterocycles. The molecule has 0 aliphatic heterocycles. The van der Waals surface area contributed by atoms with Crippen LogP contribution >= 0.6 is 0 Å². The summed E-state index contributed by atoms with van der Waals surface area (Å²) in [6.45, 7) is 3.58. The summed E-state index contributed by atoms with van der Waals surface area (Å²) in [5.74, 6) is 0. The van der Waals surface area contributed by atoms with Crippen LogP contribution in [0.15, 0.2) is 75.4 Å². The second kappa shape index (κ2) is 7.81. The van der Waals surface area contributed by atoms with E-state index in [2.05, 4.69) is 5.32 Å². The van der Waals surface area contributed by atoms with Crippen molar-refractivity contribution in [2.24, 2.45) is 7.05 Å². The normalized spacial score (nSPS) is 11.9.